The minimum Gasteiger partial charge on any atom is -0.382 e. The smallest absolute Gasteiger partial charge is 0.278 e. The predicted molar refractivity (Wildman–Crippen MR) is 118 cm³/mol. The van der Waals surface area contributed by atoms with Crippen LogP contribution >= 0.6 is 0 Å². The Kier molecular flexibility index (Phi) is 7.07. The van der Waals surface area contributed by atoms with Gasteiger partial charge in [0.2, 0.25) is 5.91 Å². The number of nitrogen functional groups attached to an aromatic ring is 1. The van der Waals surface area contributed by atoms with Crippen LogP contribution in [0.2, 0.25) is 0 Å². The van der Waals surface area contributed by atoms with Crippen molar-refractivity contribution < 1.29 is 9.59 Å². The van der Waals surface area contributed by atoms with E-state index in [1.165, 1.54) is 24.7 Å². The Labute approximate surface area is 179 Å². The number of likely N-dealkylation sites (N-methyl/N-ethyl adjacent to an activating group) is 1. The fourth-order valence-electron chi connectivity index (χ4n) is 2.72. The van der Waals surface area contributed by atoms with E-state index in [0.717, 1.165) is 5.56 Å². The van der Waals surface area contributed by atoms with Crippen LogP contribution in [0.4, 0.5) is 17.2 Å². The number of carbonyl (C=O) groups excluding carboxylic acids is 2. The second-order valence-electron chi connectivity index (χ2n) is 7.03. The molecule has 1 aromatic carbocycles. The highest BCUT2D eigenvalue weighted by atomic mass is 16.2. The van der Waals surface area contributed by atoms with Crippen LogP contribution in [0.1, 0.15) is 16.1 Å². The van der Waals surface area contributed by atoms with Gasteiger partial charge in [0.25, 0.3) is 5.91 Å². The van der Waals surface area contributed by atoms with Crippen LogP contribution in [0.3, 0.4) is 0 Å². The molecule has 0 fully saturated rings. The normalized spacial score (nSPS) is 11.1. The van der Waals surface area contributed by atoms with Crippen molar-refractivity contribution >= 4 is 29.0 Å². The van der Waals surface area contributed by atoms with Gasteiger partial charge in [0.05, 0.1) is 18.4 Å². The molecule has 4 N–H and O–H groups in total. The van der Waals surface area contributed by atoms with Crippen LogP contribution < -0.4 is 16.4 Å². The highest BCUT2D eigenvalue weighted by Crippen LogP contribution is 2.14. The standard InChI is InChI=1S/C21H24N8O2/c1-28(2)10-4-7-18(30)26-16-6-3-5-15(11-16)13-29-14-17(12-25-29)27-21(31)19-20(22)24-9-8-23-19/h3-9,11-12,14H,10,13H2,1-2H3,(H2,22,24)(H,26,30)(H,27,31)/b7-4+. The Balaban J connectivity index is 1.60. The lowest BCUT2D eigenvalue weighted by Crippen LogP contribution is -2.16. The number of anilines is 3. The second kappa shape index (κ2) is 10.1. The average molecular weight is 420 g/mol. The first kappa shape index (κ1) is 21.7. The third-order valence-corrected chi connectivity index (χ3v) is 4.11. The van der Waals surface area contributed by atoms with E-state index < -0.39 is 5.91 Å². The average Bonchev–Trinajstić information content (AvgIpc) is 3.14. The maximum absolute atomic E-state index is 12.3. The molecule has 2 amide bonds. The van der Waals surface area contributed by atoms with E-state index in [4.69, 9.17) is 5.73 Å². The zero-order valence-corrected chi connectivity index (χ0v) is 17.3. The highest BCUT2D eigenvalue weighted by molar-refractivity contribution is 6.05. The van der Waals surface area contributed by atoms with Gasteiger partial charge in [-0.05, 0) is 31.8 Å². The molecule has 2 aromatic heterocycles. The van der Waals surface area contributed by atoms with Crippen molar-refractivity contribution in [1.82, 2.24) is 24.6 Å². The first-order valence-corrected chi connectivity index (χ1v) is 9.52. The second-order valence-corrected chi connectivity index (χ2v) is 7.03. The molecule has 0 aliphatic rings. The SMILES string of the molecule is CN(C)C/C=C/C(=O)Nc1cccc(Cn2cc(NC(=O)c3nccnc3N)cn2)c1. The van der Waals surface area contributed by atoms with Crippen molar-refractivity contribution in [2.45, 2.75) is 6.54 Å². The molecule has 0 spiro atoms. The maximum Gasteiger partial charge on any atom is 0.278 e. The van der Waals surface area contributed by atoms with Gasteiger partial charge >= 0.3 is 0 Å². The Hall–Kier alpha value is -4.05. The molecule has 0 aliphatic heterocycles. The summed E-state index contributed by atoms with van der Waals surface area (Å²) in [6, 6.07) is 7.48. The summed E-state index contributed by atoms with van der Waals surface area (Å²) in [5.41, 5.74) is 7.87. The minimum atomic E-state index is -0.461. The number of nitrogens with zero attached hydrogens (tertiary/aromatic N) is 5. The molecular formula is C21H24N8O2. The topological polar surface area (TPSA) is 131 Å². The summed E-state index contributed by atoms with van der Waals surface area (Å²) in [4.78, 5) is 34.1. The summed E-state index contributed by atoms with van der Waals surface area (Å²) < 4.78 is 1.67. The van der Waals surface area contributed by atoms with Crippen molar-refractivity contribution in [1.29, 1.82) is 0 Å². The molecule has 3 aromatic rings. The number of nitrogens with two attached hydrogens (primary N) is 1. The van der Waals surface area contributed by atoms with Crippen LogP contribution in [0, 0.1) is 0 Å². The van der Waals surface area contributed by atoms with Gasteiger partial charge in [0.1, 0.15) is 0 Å². The van der Waals surface area contributed by atoms with E-state index in [0.29, 0.717) is 24.5 Å². The van der Waals surface area contributed by atoms with Crippen LogP contribution in [0.5, 0.6) is 0 Å². The molecule has 0 saturated carbocycles. The van der Waals surface area contributed by atoms with Gasteiger partial charge < -0.3 is 21.3 Å². The van der Waals surface area contributed by atoms with E-state index in [9.17, 15) is 9.59 Å². The molecule has 0 atom stereocenters. The zero-order chi connectivity index (χ0) is 22.2. The molecule has 160 valence electrons. The summed E-state index contributed by atoms with van der Waals surface area (Å²) in [5.74, 6) is -0.591. The molecular weight excluding hydrogens is 396 g/mol. The molecule has 0 unspecified atom stereocenters. The lowest BCUT2D eigenvalue weighted by molar-refractivity contribution is -0.111. The quantitative estimate of drug-likeness (QED) is 0.472. The van der Waals surface area contributed by atoms with Crippen LogP contribution in [0.15, 0.2) is 61.2 Å². The van der Waals surface area contributed by atoms with E-state index in [1.807, 2.05) is 43.3 Å². The summed E-state index contributed by atoms with van der Waals surface area (Å²) >= 11 is 0. The molecule has 31 heavy (non-hydrogen) atoms. The van der Waals surface area contributed by atoms with Gasteiger partial charge in [0.15, 0.2) is 11.5 Å². The Morgan fingerprint density at radius 1 is 1.16 bits per heavy atom. The van der Waals surface area contributed by atoms with Crippen LogP contribution in [-0.2, 0) is 11.3 Å². The van der Waals surface area contributed by atoms with E-state index in [1.54, 1.807) is 17.0 Å². The maximum atomic E-state index is 12.3. The summed E-state index contributed by atoms with van der Waals surface area (Å²) in [6.45, 7) is 1.15. The number of carbonyl (C=O) groups is 2. The van der Waals surface area contributed by atoms with Gasteiger partial charge in [-0.1, -0.05) is 18.2 Å². The monoisotopic (exact) mass is 420 g/mol. The molecule has 3 rings (SSSR count). The first-order chi connectivity index (χ1) is 14.9. The van der Waals surface area contributed by atoms with Crippen molar-refractivity contribution in [3.05, 3.63) is 72.5 Å². The first-order valence-electron chi connectivity index (χ1n) is 9.52. The van der Waals surface area contributed by atoms with Gasteiger partial charge in [-0.25, -0.2) is 9.97 Å². The Bertz CT molecular complexity index is 1090. The van der Waals surface area contributed by atoms with Crippen LogP contribution in [0.25, 0.3) is 0 Å². The van der Waals surface area contributed by atoms with Gasteiger partial charge in [0, 0.05) is 36.9 Å². The molecule has 2 heterocycles. The largest absolute Gasteiger partial charge is 0.382 e. The fourth-order valence-corrected chi connectivity index (χ4v) is 2.72. The number of hydrogen-bond donors (Lipinski definition) is 3. The zero-order valence-electron chi connectivity index (χ0n) is 17.3. The molecule has 0 bridgehead atoms. The van der Waals surface area contributed by atoms with Gasteiger partial charge in [-0.15, -0.1) is 0 Å². The molecule has 0 saturated heterocycles. The predicted octanol–water partition coefficient (Wildman–Crippen LogP) is 1.61. The number of benzene rings is 1. The van der Waals surface area contributed by atoms with Crippen molar-refractivity contribution in [3.8, 4) is 0 Å². The van der Waals surface area contributed by atoms with E-state index >= 15 is 0 Å². The van der Waals surface area contributed by atoms with Crippen molar-refractivity contribution in [2.75, 3.05) is 37.0 Å². The number of rotatable bonds is 8. The van der Waals surface area contributed by atoms with Crippen molar-refractivity contribution in [3.63, 3.8) is 0 Å². The van der Waals surface area contributed by atoms with Gasteiger partial charge in [-0.2, -0.15) is 5.10 Å². The lowest BCUT2D eigenvalue weighted by atomic mass is 10.2. The number of nitrogens with one attached hydrogen (secondary N) is 2. The third-order valence-electron chi connectivity index (χ3n) is 4.11. The number of amides is 2. The van der Waals surface area contributed by atoms with Crippen molar-refractivity contribution in [2.24, 2.45) is 0 Å². The minimum absolute atomic E-state index is 0.0540. The third kappa shape index (κ3) is 6.47. The number of aromatic nitrogens is 4. The molecule has 10 nitrogen and oxygen atoms in total. The lowest BCUT2D eigenvalue weighted by Gasteiger charge is -2.07. The highest BCUT2D eigenvalue weighted by Gasteiger charge is 2.13. The summed E-state index contributed by atoms with van der Waals surface area (Å²) in [6.07, 6.45) is 9.36. The van der Waals surface area contributed by atoms with E-state index in [-0.39, 0.29) is 17.4 Å². The van der Waals surface area contributed by atoms with E-state index in [2.05, 4.69) is 25.7 Å². The molecule has 10 heteroatoms. The fraction of sp³-hybridized carbons (Fsp3) is 0.190. The summed E-state index contributed by atoms with van der Waals surface area (Å²) in [7, 11) is 3.87. The van der Waals surface area contributed by atoms with Gasteiger partial charge in [-0.3, -0.25) is 14.3 Å². The summed E-state index contributed by atoms with van der Waals surface area (Å²) in [5, 5.41) is 9.80. The number of hydrogen-bond acceptors (Lipinski definition) is 7. The van der Waals surface area contributed by atoms with Crippen LogP contribution in [-0.4, -0.2) is 57.1 Å². The molecule has 0 aliphatic carbocycles. The Morgan fingerprint density at radius 2 is 1.97 bits per heavy atom. The Morgan fingerprint density at radius 3 is 2.74 bits per heavy atom. The molecule has 0 radical (unpaired) electrons.